The molecule has 0 aromatic heterocycles. The molecule has 202 valence electrons. The van der Waals surface area contributed by atoms with Gasteiger partial charge in [0.15, 0.2) is 5.79 Å². The number of carbonyl (C=O) groups excluding carboxylic acids is 3. The summed E-state index contributed by atoms with van der Waals surface area (Å²) in [5.41, 5.74) is -3.94. The molecule has 0 amide bonds. The zero-order chi connectivity index (χ0) is 26.3. The van der Waals surface area contributed by atoms with Gasteiger partial charge in [0.2, 0.25) is 11.6 Å². The average Bonchev–Trinajstić information content (AvgIpc) is 3.20. The van der Waals surface area contributed by atoms with Crippen LogP contribution in [0.25, 0.3) is 0 Å². The molecule has 7 heterocycles. The maximum Gasteiger partial charge on any atom is 0.311 e. The lowest BCUT2D eigenvalue weighted by molar-refractivity contribution is -0.338. The molecule has 14 unspecified atom stereocenters. The minimum Gasteiger partial charge on any atom is -0.459 e. The number of fused-ring (bicyclic) bond motifs is 2. The van der Waals surface area contributed by atoms with Gasteiger partial charge in [-0.3, -0.25) is 14.4 Å². The molecule has 7 saturated heterocycles. The van der Waals surface area contributed by atoms with Gasteiger partial charge in [-0.1, -0.05) is 13.8 Å². The Labute approximate surface area is 215 Å². The number of aliphatic hydroxyl groups is 1. The van der Waals surface area contributed by atoms with Crippen LogP contribution in [0.4, 0.5) is 0 Å². The van der Waals surface area contributed by atoms with Crippen LogP contribution in [0, 0.1) is 40.9 Å². The summed E-state index contributed by atoms with van der Waals surface area (Å²) in [4.78, 5) is 41.4. The molecule has 9 fully saturated rings. The van der Waals surface area contributed by atoms with Crippen molar-refractivity contribution in [1.82, 2.24) is 0 Å². The summed E-state index contributed by atoms with van der Waals surface area (Å²) in [5, 5.41) is 12.3. The molecule has 7 aliphatic heterocycles. The van der Waals surface area contributed by atoms with Gasteiger partial charge < -0.3 is 28.8 Å². The second kappa shape index (κ2) is 6.17. The van der Waals surface area contributed by atoms with Crippen LogP contribution < -0.4 is 0 Å². The van der Waals surface area contributed by atoms with Crippen molar-refractivity contribution in [2.24, 2.45) is 40.9 Å². The molecule has 2 spiro atoms. The minimum absolute atomic E-state index is 0.0710. The highest BCUT2D eigenvalue weighted by Gasteiger charge is 2.85. The number of rotatable bonds is 0. The largest absolute Gasteiger partial charge is 0.459 e. The van der Waals surface area contributed by atoms with Gasteiger partial charge in [-0.25, -0.2) is 0 Å². The quantitative estimate of drug-likeness (QED) is 0.482. The molecule has 14 atom stereocenters. The number of carbonyl (C=O) groups is 3. The van der Waals surface area contributed by atoms with E-state index in [1.165, 1.54) is 0 Å². The van der Waals surface area contributed by atoms with Gasteiger partial charge in [-0.15, -0.1) is 0 Å². The van der Waals surface area contributed by atoms with Crippen molar-refractivity contribution in [1.29, 1.82) is 0 Å². The van der Waals surface area contributed by atoms with Gasteiger partial charge in [0.1, 0.15) is 23.6 Å². The van der Waals surface area contributed by atoms with Crippen LogP contribution in [0.2, 0.25) is 0 Å². The topological polar surface area (TPSA) is 118 Å². The summed E-state index contributed by atoms with van der Waals surface area (Å²) in [6.07, 6.45) is -0.200. The first-order valence-corrected chi connectivity index (χ1v) is 13.9. The standard InChI is InChI=1S/C28H36O9/c1-11-15-18-17(12(2)22(31)33-18)35-28-19(15)24(5,20(11)29)7-8-26(37-28)10-27(32)14-9-13(16(26)21(28)30)34-25(27,6)36-23(14,3)4/h11-19,32H,7-10H2,1-6H3. The van der Waals surface area contributed by atoms with Crippen molar-refractivity contribution in [2.45, 2.75) is 114 Å². The monoisotopic (exact) mass is 516 g/mol. The van der Waals surface area contributed by atoms with E-state index < -0.39 is 75.8 Å². The molecule has 9 rings (SSSR count). The normalized spacial score (nSPS) is 64.1. The highest BCUT2D eigenvalue weighted by molar-refractivity contribution is 5.97. The zero-order valence-electron chi connectivity index (χ0n) is 22.2. The second-order valence-electron chi connectivity index (χ2n) is 14.3. The number of ether oxygens (including phenoxy) is 5. The predicted octanol–water partition coefficient (Wildman–Crippen LogP) is 1.91. The first-order chi connectivity index (χ1) is 17.1. The number of esters is 1. The second-order valence-corrected chi connectivity index (χ2v) is 14.3. The van der Waals surface area contributed by atoms with Crippen LogP contribution in [0.1, 0.15) is 67.2 Å². The summed E-state index contributed by atoms with van der Waals surface area (Å²) >= 11 is 0. The molecule has 2 aliphatic carbocycles. The van der Waals surface area contributed by atoms with Crippen molar-refractivity contribution in [3.63, 3.8) is 0 Å². The Morgan fingerprint density at radius 1 is 0.892 bits per heavy atom. The van der Waals surface area contributed by atoms with E-state index >= 15 is 0 Å². The van der Waals surface area contributed by atoms with Crippen LogP contribution >= 0.6 is 0 Å². The van der Waals surface area contributed by atoms with E-state index in [-0.39, 0.29) is 35.8 Å². The smallest absolute Gasteiger partial charge is 0.311 e. The fourth-order valence-corrected chi connectivity index (χ4v) is 10.7. The van der Waals surface area contributed by atoms with Crippen LogP contribution in [0.5, 0.6) is 0 Å². The maximum atomic E-state index is 14.8. The number of ketones is 2. The van der Waals surface area contributed by atoms with E-state index in [9.17, 15) is 19.5 Å². The molecule has 0 aromatic rings. The molecular formula is C28H36O9. The summed E-state index contributed by atoms with van der Waals surface area (Å²) in [6, 6.07) is 0. The van der Waals surface area contributed by atoms with Crippen LogP contribution in [-0.2, 0) is 38.1 Å². The van der Waals surface area contributed by atoms with E-state index in [1.807, 2.05) is 27.7 Å². The number of Topliss-reactive ketones (excluding diaryl/α,β-unsaturated/α-hetero) is 2. The molecule has 37 heavy (non-hydrogen) atoms. The lowest BCUT2D eigenvalue weighted by Crippen LogP contribution is -2.65. The van der Waals surface area contributed by atoms with Gasteiger partial charge in [0, 0.05) is 35.5 Å². The van der Waals surface area contributed by atoms with E-state index in [2.05, 4.69) is 0 Å². The molecule has 9 heteroatoms. The van der Waals surface area contributed by atoms with E-state index in [0.29, 0.717) is 19.3 Å². The Kier molecular flexibility index (Phi) is 3.92. The minimum atomic E-state index is -1.68. The molecule has 9 nitrogen and oxygen atoms in total. The lowest BCUT2D eigenvalue weighted by atomic mass is 9.61. The van der Waals surface area contributed by atoms with Crippen molar-refractivity contribution >= 4 is 17.5 Å². The Balaban J connectivity index is 1.33. The number of hydrogen-bond donors (Lipinski definition) is 1. The van der Waals surface area contributed by atoms with Crippen LogP contribution in [-0.4, -0.2) is 69.3 Å². The summed E-state index contributed by atoms with van der Waals surface area (Å²) < 4.78 is 32.4. The zero-order valence-corrected chi connectivity index (χ0v) is 22.2. The van der Waals surface area contributed by atoms with Crippen molar-refractivity contribution in [2.75, 3.05) is 0 Å². The summed E-state index contributed by atoms with van der Waals surface area (Å²) in [7, 11) is 0. The number of hydrogen-bond acceptors (Lipinski definition) is 9. The lowest BCUT2D eigenvalue weighted by Gasteiger charge is -2.51. The Hall–Kier alpha value is -1.39. The highest BCUT2D eigenvalue weighted by Crippen LogP contribution is 2.73. The fraction of sp³-hybridized carbons (Fsp3) is 0.893. The Morgan fingerprint density at radius 2 is 1.62 bits per heavy atom. The molecule has 0 radical (unpaired) electrons. The third kappa shape index (κ3) is 2.23. The van der Waals surface area contributed by atoms with Crippen molar-refractivity contribution in [3.05, 3.63) is 0 Å². The Morgan fingerprint density at radius 3 is 2.32 bits per heavy atom. The molecule has 6 bridgehead atoms. The molecule has 9 aliphatic rings. The highest BCUT2D eigenvalue weighted by atomic mass is 16.8. The molecule has 2 saturated carbocycles. The van der Waals surface area contributed by atoms with Gasteiger partial charge >= 0.3 is 5.97 Å². The van der Waals surface area contributed by atoms with Crippen molar-refractivity contribution < 1.29 is 43.2 Å². The first kappa shape index (κ1) is 23.5. The average molecular weight is 517 g/mol. The van der Waals surface area contributed by atoms with Gasteiger partial charge in [0.05, 0.1) is 29.1 Å². The first-order valence-electron chi connectivity index (χ1n) is 13.9. The maximum absolute atomic E-state index is 14.8. The molecule has 1 N–H and O–H groups in total. The molecular weight excluding hydrogens is 480 g/mol. The summed E-state index contributed by atoms with van der Waals surface area (Å²) in [6.45, 7) is 11.3. The van der Waals surface area contributed by atoms with Crippen LogP contribution in [0.15, 0.2) is 0 Å². The van der Waals surface area contributed by atoms with Gasteiger partial charge in [-0.05, 0) is 47.0 Å². The van der Waals surface area contributed by atoms with E-state index in [4.69, 9.17) is 23.7 Å². The van der Waals surface area contributed by atoms with E-state index in [0.717, 1.165) is 0 Å². The van der Waals surface area contributed by atoms with E-state index in [1.54, 1.807) is 13.8 Å². The molecule has 0 aromatic carbocycles. The SMILES string of the molecule is CC1C(=O)OC2C1OC13OC4(CCC5(C)C(=O)C(C)C2C51)CC1(O)C2CC(OC1(C)OC2(C)C)C4C3=O. The third-order valence-electron chi connectivity index (χ3n) is 12.2. The van der Waals surface area contributed by atoms with Gasteiger partial charge in [-0.2, -0.15) is 0 Å². The summed E-state index contributed by atoms with van der Waals surface area (Å²) in [5.74, 6) is -6.27. The Bertz CT molecular complexity index is 1180. The van der Waals surface area contributed by atoms with Crippen molar-refractivity contribution in [3.8, 4) is 0 Å². The fourth-order valence-electron chi connectivity index (χ4n) is 10.7. The predicted molar refractivity (Wildman–Crippen MR) is 124 cm³/mol. The third-order valence-corrected chi connectivity index (χ3v) is 12.2. The van der Waals surface area contributed by atoms with Gasteiger partial charge in [0.25, 0.3) is 0 Å². The van der Waals surface area contributed by atoms with Crippen LogP contribution in [0.3, 0.4) is 0 Å².